The van der Waals surface area contributed by atoms with Crippen LogP contribution >= 0.6 is 0 Å². The second-order valence-corrected chi connectivity index (χ2v) is 20.4. The average Bonchev–Trinajstić information content (AvgIpc) is 3.51. The van der Waals surface area contributed by atoms with Crippen LogP contribution in [-0.2, 0) is 12.8 Å². The van der Waals surface area contributed by atoms with E-state index < -0.39 is 11.3 Å². The summed E-state index contributed by atoms with van der Waals surface area (Å²) in [4.78, 5) is 55.2. The monoisotopic (exact) mass is 1080 g/mol. The first-order valence-electron chi connectivity index (χ1n) is 26.8. The predicted octanol–water partition coefficient (Wildman–Crippen LogP) is 11.3. The Balaban J connectivity index is 0.000000194. The molecule has 2 saturated heterocycles. The summed E-state index contributed by atoms with van der Waals surface area (Å²) in [6, 6.07) is 33.5. The highest BCUT2D eigenvalue weighted by molar-refractivity contribution is 6.01. The minimum atomic E-state index is -0.607. The molecule has 8 aromatic rings. The molecule has 6 aromatic carbocycles. The van der Waals surface area contributed by atoms with Crippen LogP contribution < -0.4 is 49.7 Å². The largest absolute Gasteiger partial charge is 0.496 e. The van der Waals surface area contributed by atoms with Crippen LogP contribution in [0.25, 0.3) is 44.2 Å². The number of Topliss-reactive ketones (excluding diaryl/α,β-unsaturated/α-hetero) is 2. The standard InChI is InChI=1S/C33H35NO6.C32H33NO7/c1-20-7-6-8-22(15-20)27-17-23(9-10-29(27)37-4)28(35)18-25-16-24-19-30(38-5)32(21(2)31(24)40-33(25)36)39-26-11-13-34(3)14-12-26;1-19-6-5-7-20(14-19)25-16-21(8-9-27(25)36-2)26(34)17-23-15-22-18-28(37-3)30(39-24-10-12-33-13-11-24)31(38-4)29(22)40-32(23)35/h6-10,15-17,19,26H,11-14,18H2,1-5H3;5-9,14-16,18,24,33H,10-13,17H2,1-4H3. The Hall–Kier alpha value is -8.40. The summed E-state index contributed by atoms with van der Waals surface area (Å²) < 4.78 is 52.1. The van der Waals surface area contributed by atoms with Gasteiger partial charge in [-0.15, -0.1) is 0 Å². The van der Waals surface area contributed by atoms with E-state index in [1.165, 1.54) is 7.11 Å². The number of nitrogens with zero attached hydrogens (tertiary/aromatic N) is 1. The number of aryl methyl sites for hydroxylation is 3. The maximum atomic E-state index is 13.4. The molecule has 10 rings (SSSR count). The van der Waals surface area contributed by atoms with Crippen LogP contribution in [-0.4, -0.2) is 97.5 Å². The maximum Gasteiger partial charge on any atom is 0.340 e. The summed E-state index contributed by atoms with van der Waals surface area (Å²) in [5.41, 5.74) is 7.47. The molecule has 80 heavy (non-hydrogen) atoms. The third-order valence-corrected chi connectivity index (χ3v) is 14.8. The smallest absolute Gasteiger partial charge is 0.340 e. The van der Waals surface area contributed by atoms with Crippen LogP contribution in [0.3, 0.4) is 0 Å². The fourth-order valence-electron chi connectivity index (χ4n) is 10.4. The Kier molecular flexibility index (Phi) is 17.7. The lowest BCUT2D eigenvalue weighted by Crippen LogP contribution is -2.35. The summed E-state index contributed by atoms with van der Waals surface area (Å²) >= 11 is 0. The van der Waals surface area contributed by atoms with Crippen LogP contribution in [0.5, 0.6) is 40.2 Å². The fourth-order valence-corrected chi connectivity index (χ4v) is 10.4. The Morgan fingerprint density at radius 1 is 0.525 bits per heavy atom. The topological polar surface area (TPSA) is 174 Å². The van der Waals surface area contributed by atoms with E-state index in [1.54, 1.807) is 77.0 Å². The molecule has 0 radical (unpaired) electrons. The van der Waals surface area contributed by atoms with E-state index in [-0.39, 0.29) is 53.3 Å². The van der Waals surface area contributed by atoms with E-state index in [1.807, 2.05) is 81.4 Å². The lowest BCUT2D eigenvalue weighted by atomic mass is 9.96. The molecule has 15 nitrogen and oxygen atoms in total. The average molecular weight is 1090 g/mol. The zero-order chi connectivity index (χ0) is 56.6. The predicted molar refractivity (Wildman–Crippen MR) is 309 cm³/mol. The Bertz CT molecular complexity index is 3700. The van der Waals surface area contributed by atoms with E-state index in [4.69, 9.17) is 42.0 Å². The molecule has 4 heterocycles. The quantitative estimate of drug-likeness (QED) is 0.0673. The molecule has 2 aliphatic heterocycles. The lowest BCUT2D eigenvalue weighted by Gasteiger charge is -2.30. The highest BCUT2D eigenvalue weighted by Gasteiger charge is 2.27. The molecule has 0 amide bonds. The van der Waals surface area contributed by atoms with Gasteiger partial charge in [-0.1, -0.05) is 59.7 Å². The highest BCUT2D eigenvalue weighted by Crippen LogP contribution is 2.45. The van der Waals surface area contributed by atoms with E-state index in [9.17, 15) is 19.2 Å². The van der Waals surface area contributed by atoms with Crippen LogP contribution in [0.4, 0.5) is 0 Å². The molecule has 0 unspecified atom stereocenters. The Morgan fingerprint density at radius 2 is 0.988 bits per heavy atom. The van der Waals surface area contributed by atoms with Gasteiger partial charge in [-0.3, -0.25) is 9.59 Å². The number of fused-ring (bicyclic) bond motifs is 2. The molecule has 1 N–H and O–H groups in total. The van der Waals surface area contributed by atoms with Crippen molar-refractivity contribution in [1.82, 2.24) is 10.2 Å². The van der Waals surface area contributed by atoms with Crippen LogP contribution in [0, 0.1) is 20.8 Å². The van der Waals surface area contributed by atoms with Gasteiger partial charge in [0.15, 0.2) is 34.4 Å². The van der Waals surface area contributed by atoms with Gasteiger partial charge in [0.25, 0.3) is 0 Å². The number of likely N-dealkylation sites (tertiary alicyclic amines) is 1. The van der Waals surface area contributed by atoms with Gasteiger partial charge in [-0.2, -0.15) is 0 Å². The van der Waals surface area contributed by atoms with Crippen molar-refractivity contribution in [1.29, 1.82) is 0 Å². The SMILES string of the molecule is COc1ccc(C(=O)Cc2cc3cc(OC)c(OC4CCN(C)CC4)c(C)c3oc2=O)cc1-c1cccc(C)c1.COc1ccc(C(=O)Cc2cc3cc(OC)c(OC4CCNCC4)c(OC)c3oc2=O)cc1-c1cccc(C)c1. The van der Waals surface area contributed by atoms with Gasteiger partial charge in [-0.25, -0.2) is 9.59 Å². The van der Waals surface area contributed by atoms with Crippen molar-refractivity contribution in [3.8, 4) is 62.5 Å². The second kappa shape index (κ2) is 25.2. The number of hydrogen-bond donors (Lipinski definition) is 1. The number of ketones is 2. The number of hydrogen-bond acceptors (Lipinski definition) is 15. The van der Waals surface area contributed by atoms with Crippen LogP contribution in [0.2, 0.25) is 0 Å². The van der Waals surface area contributed by atoms with Gasteiger partial charge in [0.2, 0.25) is 11.5 Å². The van der Waals surface area contributed by atoms with Crippen molar-refractivity contribution in [2.75, 3.05) is 68.8 Å². The van der Waals surface area contributed by atoms with Gasteiger partial charge < -0.3 is 52.2 Å². The van der Waals surface area contributed by atoms with E-state index in [0.717, 1.165) is 85.2 Å². The van der Waals surface area contributed by atoms with Gasteiger partial charge in [0.05, 0.1) is 35.5 Å². The summed E-state index contributed by atoms with van der Waals surface area (Å²) in [6.07, 6.45) is 3.35. The Morgan fingerprint density at radius 3 is 1.48 bits per heavy atom. The number of piperidine rings is 2. The summed E-state index contributed by atoms with van der Waals surface area (Å²) in [5, 5.41) is 4.57. The third kappa shape index (κ3) is 12.5. The minimum Gasteiger partial charge on any atom is -0.496 e. The van der Waals surface area contributed by atoms with E-state index >= 15 is 0 Å². The number of carbonyl (C=O) groups is 2. The molecular formula is C65H68N2O13. The normalized spacial score (nSPS) is 14.0. The molecule has 2 aromatic heterocycles. The molecule has 0 atom stereocenters. The fraction of sp³-hybridized carbons (Fsp3) is 0.323. The van der Waals surface area contributed by atoms with E-state index in [0.29, 0.717) is 73.3 Å². The molecule has 416 valence electrons. The van der Waals surface area contributed by atoms with Gasteiger partial charge >= 0.3 is 11.3 Å². The maximum absolute atomic E-state index is 13.4. The van der Waals surface area contributed by atoms with Crippen molar-refractivity contribution in [3.63, 3.8) is 0 Å². The molecular weight excluding hydrogens is 1020 g/mol. The Labute approximate surface area is 465 Å². The van der Waals surface area contributed by atoms with Crippen molar-refractivity contribution in [2.24, 2.45) is 0 Å². The summed E-state index contributed by atoms with van der Waals surface area (Å²) in [6.45, 7) is 9.54. The number of benzene rings is 6. The molecule has 0 spiro atoms. The van der Waals surface area contributed by atoms with Crippen molar-refractivity contribution in [3.05, 3.63) is 169 Å². The van der Waals surface area contributed by atoms with Crippen LogP contribution in [0.15, 0.2) is 128 Å². The van der Waals surface area contributed by atoms with Crippen molar-refractivity contribution >= 4 is 33.5 Å². The number of carbonyl (C=O) groups excluding carboxylic acids is 2. The van der Waals surface area contributed by atoms with Gasteiger partial charge in [0.1, 0.15) is 29.3 Å². The third-order valence-electron chi connectivity index (χ3n) is 14.8. The van der Waals surface area contributed by atoms with Gasteiger partial charge in [-0.05, 0) is 138 Å². The number of ether oxygens (including phenoxy) is 7. The first kappa shape index (κ1) is 56.3. The molecule has 0 bridgehead atoms. The molecule has 15 heteroatoms. The zero-order valence-corrected chi connectivity index (χ0v) is 46.9. The molecule has 0 aliphatic carbocycles. The van der Waals surface area contributed by atoms with Crippen molar-refractivity contribution in [2.45, 2.75) is 71.5 Å². The molecule has 2 aliphatic rings. The first-order chi connectivity index (χ1) is 38.7. The summed E-state index contributed by atoms with van der Waals surface area (Å²) in [5.74, 6) is 3.27. The zero-order valence-electron chi connectivity index (χ0n) is 46.9. The number of methoxy groups -OCH3 is 5. The van der Waals surface area contributed by atoms with Crippen molar-refractivity contribution < 1.29 is 51.6 Å². The van der Waals surface area contributed by atoms with Crippen LogP contribution in [0.1, 0.15) is 74.2 Å². The number of nitrogens with one attached hydrogen (secondary N) is 1. The highest BCUT2D eigenvalue weighted by atomic mass is 16.5. The lowest BCUT2D eigenvalue weighted by molar-refractivity contribution is 0.0984. The van der Waals surface area contributed by atoms with E-state index in [2.05, 4.69) is 17.3 Å². The minimum absolute atomic E-state index is 0.0145. The second-order valence-electron chi connectivity index (χ2n) is 20.4. The van der Waals surface area contributed by atoms with Gasteiger partial charge in [0, 0.05) is 75.6 Å². The molecule has 2 fully saturated rings. The first-order valence-corrected chi connectivity index (χ1v) is 26.8. The number of rotatable bonds is 17. The summed E-state index contributed by atoms with van der Waals surface area (Å²) in [7, 11) is 9.96. The molecule has 0 saturated carbocycles.